The van der Waals surface area contributed by atoms with E-state index in [2.05, 4.69) is 25.8 Å². The fraction of sp³-hybridized carbons (Fsp3) is 0.0588. The summed E-state index contributed by atoms with van der Waals surface area (Å²) < 4.78 is 18.3. The second kappa shape index (κ2) is 7.35. The Bertz CT molecular complexity index is 872. The van der Waals surface area contributed by atoms with Crippen LogP contribution in [0.4, 0.5) is 10.1 Å². The topological polar surface area (TPSA) is 89.0 Å². The smallest absolute Gasteiger partial charge is 0.272 e. The first-order chi connectivity index (χ1) is 12.2. The standard InChI is InChI=1S/C17H14FN5O2/c1-25-17-14(18)7-13(10-21-17)22-23-16(24)12-8-19-15(20-9-12)11-5-3-2-4-6-11/h2-10,22H,1H3,(H,23,24). The van der Waals surface area contributed by atoms with E-state index in [1.807, 2.05) is 30.3 Å². The molecule has 0 saturated carbocycles. The highest BCUT2D eigenvalue weighted by Gasteiger charge is 2.09. The second-order valence-electron chi connectivity index (χ2n) is 4.96. The molecule has 25 heavy (non-hydrogen) atoms. The van der Waals surface area contributed by atoms with Gasteiger partial charge < -0.3 is 4.74 Å². The first-order valence-corrected chi connectivity index (χ1v) is 7.30. The molecule has 3 rings (SSSR count). The maximum atomic E-state index is 13.5. The second-order valence-corrected chi connectivity index (χ2v) is 4.96. The van der Waals surface area contributed by atoms with Crippen molar-refractivity contribution >= 4 is 11.6 Å². The molecule has 2 aromatic heterocycles. The van der Waals surface area contributed by atoms with Crippen LogP contribution in [0, 0.1) is 5.82 Å². The number of anilines is 1. The van der Waals surface area contributed by atoms with Gasteiger partial charge in [0.2, 0.25) is 5.88 Å². The maximum absolute atomic E-state index is 13.5. The summed E-state index contributed by atoms with van der Waals surface area (Å²) in [5.41, 5.74) is 6.38. The molecule has 3 aromatic rings. The van der Waals surface area contributed by atoms with Crippen LogP contribution in [-0.4, -0.2) is 28.0 Å². The molecule has 0 fully saturated rings. The zero-order valence-corrected chi connectivity index (χ0v) is 13.2. The molecule has 0 radical (unpaired) electrons. The number of halogens is 1. The first kappa shape index (κ1) is 16.3. The Balaban J connectivity index is 1.64. The predicted octanol–water partition coefficient (Wildman–Crippen LogP) is 2.44. The average Bonchev–Trinajstić information content (AvgIpc) is 2.67. The monoisotopic (exact) mass is 339 g/mol. The molecule has 7 nitrogen and oxygen atoms in total. The highest BCUT2D eigenvalue weighted by atomic mass is 19.1. The lowest BCUT2D eigenvalue weighted by molar-refractivity contribution is 0.0962. The Morgan fingerprint density at radius 3 is 2.44 bits per heavy atom. The number of benzene rings is 1. The van der Waals surface area contributed by atoms with Gasteiger partial charge in [-0.2, -0.15) is 0 Å². The molecule has 1 amide bonds. The van der Waals surface area contributed by atoms with Crippen LogP contribution in [-0.2, 0) is 0 Å². The molecular weight excluding hydrogens is 325 g/mol. The number of nitrogens with one attached hydrogen (secondary N) is 2. The number of amides is 1. The Labute approximate surface area is 142 Å². The Morgan fingerprint density at radius 1 is 1.08 bits per heavy atom. The number of carbonyl (C=O) groups excluding carboxylic acids is 1. The van der Waals surface area contributed by atoms with Gasteiger partial charge in [-0.15, -0.1) is 0 Å². The minimum absolute atomic E-state index is 0.123. The van der Waals surface area contributed by atoms with E-state index in [4.69, 9.17) is 4.74 Å². The number of aromatic nitrogens is 3. The average molecular weight is 339 g/mol. The minimum Gasteiger partial charge on any atom is -0.479 e. The van der Waals surface area contributed by atoms with Crippen molar-refractivity contribution in [3.05, 3.63) is 66.4 Å². The van der Waals surface area contributed by atoms with Crippen molar-refractivity contribution in [1.82, 2.24) is 20.4 Å². The fourth-order valence-electron chi connectivity index (χ4n) is 2.03. The number of rotatable bonds is 5. The van der Waals surface area contributed by atoms with E-state index in [0.29, 0.717) is 5.82 Å². The van der Waals surface area contributed by atoms with Crippen molar-refractivity contribution in [3.63, 3.8) is 0 Å². The van der Waals surface area contributed by atoms with Crippen molar-refractivity contribution < 1.29 is 13.9 Å². The number of methoxy groups -OCH3 is 1. The molecule has 0 atom stereocenters. The lowest BCUT2D eigenvalue weighted by Crippen LogP contribution is -2.29. The van der Waals surface area contributed by atoms with Gasteiger partial charge in [-0.3, -0.25) is 15.6 Å². The number of hydrogen-bond acceptors (Lipinski definition) is 6. The molecule has 0 saturated heterocycles. The summed E-state index contributed by atoms with van der Waals surface area (Å²) in [6.07, 6.45) is 4.16. The number of hydrogen-bond donors (Lipinski definition) is 2. The van der Waals surface area contributed by atoms with E-state index in [1.165, 1.54) is 25.7 Å². The lowest BCUT2D eigenvalue weighted by atomic mass is 10.2. The highest BCUT2D eigenvalue weighted by molar-refractivity contribution is 5.94. The van der Waals surface area contributed by atoms with Gasteiger partial charge in [0, 0.05) is 24.0 Å². The summed E-state index contributed by atoms with van der Waals surface area (Å²) in [6, 6.07) is 10.6. The van der Waals surface area contributed by atoms with E-state index in [-0.39, 0.29) is 17.1 Å². The van der Waals surface area contributed by atoms with Gasteiger partial charge in [0.1, 0.15) is 0 Å². The van der Waals surface area contributed by atoms with Crippen LogP contribution in [0.5, 0.6) is 5.88 Å². The SMILES string of the molecule is COc1ncc(NNC(=O)c2cnc(-c3ccccc3)nc2)cc1F. The molecule has 0 aliphatic heterocycles. The van der Waals surface area contributed by atoms with E-state index < -0.39 is 11.7 Å². The molecule has 126 valence electrons. The summed E-state index contributed by atoms with van der Waals surface area (Å²) >= 11 is 0. The highest BCUT2D eigenvalue weighted by Crippen LogP contribution is 2.16. The van der Waals surface area contributed by atoms with E-state index >= 15 is 0 Å². The molecule has 8 heteroatoms. The number of carbonyl (C=O) groups is 1. The summed E-state index contributed by atoms with van der Waals surface area (Å²) in [4.78, 5) is 24.2. The van der Waals surface area contributed by atoms with Crippen LogP contribution >= 0.6 is 0 Å². The third-order valence-electron chi connectivity index (χ3n) is 3.27. The summed E-state index contributed by atoms with van der Waals surface area (Å²) in [6.45, 7) is 0. The quantitative estimate of drug-likeness (QED) is 0.694. The third kappa shape index (κ3) is 3.86. The van der Waals surface area contributed by atoms with Gasteiger partial charge in [0.25, 0.3) is 5.91 Å². The molecule has 0 aliphatic rings. The number of nitrogens with zero attached hydrogens (tertiary/aromatic N) is 3. The zero-order chi connectivity index (χ0) is 17.6. The predicted molar refractivity (Wildman–Crippen MR) is 89.3 cm³/mol. The van der Waals surface area contributed by atoms with E-state index in [1.54, 1.807) is 0 Å². The van der Waals surface area contributed by atoms with Crippen LogP contribution in [0.25, 0.3) is 11.4 Å². The van der Waals surface area contributed by atoms with Gasteiger partial charge in [0.05, 0.1) is 24.6 Å². The van der Waals surface area contributed by atoms with Crippen molar-refractivity contribution in [1.29, 1.82) is 0 Å². The Morgan fingerprint density at radius 2 is 1.80 bits per heavy atom. The molecule has 0 spiro atoms. The minimum atomic E-state index is -0.641. The van der Waals surface area contributed by atoms with Crippen molar-refractivity contribution in [2.75, 3.05) is 12.5 Å². The fourth-order valence-corrected chi connectivity index (χ4v) is 2.03. The van der Waals surface area contributed by atoms with Crippen LogP contribution < -0.4 is 15.6 Å². The molecule has 2 N–H and O–H groups in total. The summed E-state index contributed by atoms with van der Waals surface area (Å²) in [5, 5.41) is 0. The molecular formula is C17H14FN5O2. The lowest BCUT2D eigenvalue weighted by Gasteiger charge is -2.09. The Kier molecular flexibility index (Phi) is 4.79. The van der Waals surface area contributed by atoms with Gasteiger partial charge >= 0.3 is 0 Å². The third-order valence-corrected chi connectivity index (χ3v) is 3.27. The summed E-state index contributed by atoms with van der Waals surface area (Å²) in [5.74, 6) is -0.707. The number of hydrazine groups is 1. The molecule has 2 heterocycles. The first-order valence-electron chi connectivity index (χ1n) is 7.30. The Hall–Kier alpha value is -3.55. The number of ether oxygens (including phenoxy) is 1. The molecule has 0 aliphatic carbocycles. The maximum Gasteiger partial charge on any atom is 0.272 e. The zero-order valence-electron chi connectivity index (χ0n) is 13.2. The van der Waals surface area contributed by atoms with Crippen LogP contribution in [0.15, 0.2) is 55.0 Å². The van der Waals surface area contributed by atoms with Crippen LogP contribution in [0.1, 0.15) is 10.4 Å². The van der Waals surface area contributed by atoms with Gasteiger partial charge in [-0.1, -0.05) is 30.3 Å². The van der Waals surface area contributed by atoms with Crippen molar-refractivity contribution in [2.24, 2.45) is 0 Å². The van der Waals surface area contributed by atoms with Crippen LogP contribution in [0.3, 0.4) is 0 Å². The van der Waals surface area contributed by atoms with Gasteiger partial charge in [-0.05, 0) is 0 Å². The van der Waals surface area contributed by atoms with Crippen LogP contribution in [0.2, 0.25) is 0 Å². The van der Waals surface area contributed by atoms with Crippen molar-refractivity contribution in [2.45, 2.75) is 0 Å². The van der Waals surface area contributed by atoms with Gasteiger partial charge in [-0.25, -0.2) is 19.3 Å². The molecule has 0 unspecified atom stereocenters. The van der Waals surface area contributed by atoms with E-state index in [9.17, 15) is 9.18 Å². The molecule has 0 bridgehead atoms. The van der Waals surface area contributed by atoms with E-state index in [0.717, 1.165) is 11.6 Å². The summed E-state index contributed by atoms with van der Waals surface area (Å²) in [7, 11) is 1.32. The van der Waals surface area contributed by atoms with Crippen molar-refractivity contribution in [3.8, 4) is 17.3 Å². The van der Waals surface area contributed by atoms with Gasteiger partial charge in [0.15, 0.2) is 11.6 Å². The molecule has 1 aromatic carbocycles. The normalized spacial score (nSPS) is 10.2. The largest absolute Gasteiger partial charge is 0.479 e. The number of pyridine rings is 1.